The van der Waals surface area contributed by atoms with Gasteiger partial charge in [-0.2, -0.15) is 14.4 Å². The van der Waals surface area contributed by atoms with Crippen molar-refractivity contribution in [2.75, 3.05) is 43.6 Å². The van der Waals surface area contributed by atoms with Gasteiger partial charge in [-0.25, -0.2) is 5.06 Å². The minimum absolute atomic E-state index is 0.0176. The largest absolute Gasteiger partial charge is 0.349 e. The summed E-state index contributed by atoms with van der Waals surface area (Å²) in [5, 5.41) is 9.68. The molecule has 168 valence electrons. The first-order valence-corrected chi connectivity index (χ1v) is 10.3. The highest BCUT2D eigenvalue weighted by Gasteiger charge is 2.28. The van der Waals surface area contributed by atoms with E-state index in [0.717, 1.165) is 25.9 Å². The van der Waals surface area contributed by atoms with E-state index in [1.165, 1.54) is 0 Å². The van der Waals surface area contributed by atoms with Crippen LogP contribution in [-0.2, 0) is 9.59 Å². The van der Waals surface area contributed by atoms with Gasteiger partial charge in [-0.1, -0.05) is 19.8 Å². The molecule has 2 heterocycles. The lowest BCUT2D eigenvalue weighted by Crippen LogP contribution is -2.51. The summed E-state index contributed by atoms with van der Waals surface area (Å²) in [5.74, 6) is -2.09. The first-order valence-electron chi connectivity index (χ1n) is 9.91. The van der Waals surface area contributed by atoms with Gasteiger partial charge in [0.05, 0.1) is 12.5 Å². The van der Waals surface area contributed by atoms with Gasteiger partial charge in [0.2, 0.25) is 23.4 Å². The highest BCUT2D eigenvalue weighted by molar-refractivity contribution is 6.28. The fraction of sp³-hybridized carbons (Fsp3) is 0.667. The zero-order valence-corrected chi connectivity index (χ0v) is 18.2. The maximum Gasteiger partial charge on any atom is 0.243 e. The van der Waals surface area contributed by atoms with E-state index in [4.69, 9.17) is 11.6 Å². The number of hydrazine groups is 1. The van der Waals surface area contributed by atoms with Crippen LogP contribution in [-0.4, -0.2) is 76.7 Å². The summed E-state index contributed by atoms with van der Waals surface area (Å²) in [6.07, 6.45) is 2.25. The zero-order chi connectivity index (χ0) is 22.3. The first kappa shape index (κ1) is 24.0. The molecule has 30 heavy (non-hydrogen) atoms. The first-order chi connectivity index (χ1) is 14.3. The summed E-state index contributed by atoms with van der Waals surface area (Å²) in [6, 6.07) is 0.0176. The van der Waals surface area contributed by atoms with Crippen LogP contribution in [0.4, 0.5) is 16.0 Å². The molecule has 10 nitrogen and oxygen atoms in total. The van der Waals surface area contributed by atoms with Crippen LogP contribution < -0.4 is 15.8 Å². The van der Waals surface area contributed by atoms with E-state index in [-0.39, 0.29) is 35.9 Å². The number of carbonyl (C=O) groups excluding carboxylic acids is 2. The maximum atomic E-state index is 15.1. The second-order valence-corrected chi connectivity index (χ2v) is 7.80. The van der Waals surface area contributed by atoms with E-state index in [0.29, 0.717) is 18.0 Å². The maximum absolute atomic E-state index is 15.1. The molecule has 1 aliphatic rings. The predicted octanol–water partition coefficient (Wildman–Crippen LogP) is 1.51. The van der Waals surface area contributed by atoms with Crippen LogP contribution in [0.15, 0.2) is 0 Å². The number of likely N-dealkylation sites (N-methyl/N-ethyl adjacent to an activating group) is 1. The smallest absolute Gasteiger partial charge is 0.243 e. The Morgan fingerprint density at radius 2 is 2.20 bits per heavy atom. The standard InChI is InChI=1S/C18H29ClFN7O3/c1-4-5-6-13(10-26(30)11-28)17(29)24-23-15-14(20)16(22-18(19)21-15)27-8-7-25(3)9-12(27)2/h11-13,30H,4-10H2,1-3H3,(H,24,29)(H,21,22,23)/t12-,13+/m1/s1. The SMILES string of the molecule is CCCC[C@@H](CN(O)C=O)C(=O)NNc1nc(Cl)nc(N2CCN(C)C[C@H]2C)c1F. The van der Waals surface area contributed by atoms with Crippen LogP contribution in [0.5, 0.6) is 0 Å². The summed E-state index contributed by atoms with van der Waals surface area (Å²) >= 11 is 5.99. The number of anilines is 2. The molecule has 2 amide bonds. The average molecular weight is 446 g/mol. The van der Waals surface area contributed by atoms with Crippen LogP contribution in [0, 0.1) is 11.7 Å². The zero-order valence-electron chi connectivity index (χ0n) is 17.4. The van der Waals surface area contributed by atoms with Crippen molar-refractivity contribution in [3.63, 3.8) is 0 Å². The number of hydrogen-bond donors (Lipinski definition) is 3. The molecule has 2 atom stereocenters. The van der Waals surface area contributed by atoms with E-state index < -0.39 is 17.6 Å². The van der Waals surface area contributed by atoms with Gasteiger partial charge in [0.25, 0.3) is 0 Å². The molecule has 3 N–H and O–H groups in total. The topological polar surface area (TPSA) is 114 Å². The Kier molecular flexibility index (Phi) is 9.00. The summed E-state index contributed by atoms with van der Waals surface area (Å²) in [5.41, 5.74) is 4.86. The Morgan fingerprint density at radius 3 is 2.83 bits per heavy atom. The van der Waals surface area contributed by atoms with Crippen molar-refractivity contribution in [2.45, 2.75) is 39.2 Å². The Balaban J connectivity index is 2.12. The molecule has 0 radical (unpaired) electrons. The summed E-state index contributed by atoms with van der Waals surface area (Å²) in [6.45, 7) is 5.82. The molecule has 12 heteroatoms. The average Bonchev–Trinajstić information content (AvgIpc) is 2.71. The second kappa shape index (κ2) is 11.2. The minimum atomic E-state index is -0.724. The van der Waals surface area contributed by atoms with Crippen LogP contribution in [0.2, 0.25) is 5.28 Å². The van der Waals surface area contributed by atoms with Gasteiger partial charge in [0, 0.05) is 25.7 Å². The number of halogens is 2. The van der Waals surface area contributed by atoms with E-state index in [2.05, 4.69) is 25.7 Å². The molecule has 0 unspecified atom stereocenters. The molecule has 1 aromatic heterocycles. The summed E-state index contributed by atoms with van der Waals surface area (Å²) < 4.78 is 15.1. The van der Waals surface area contributed by atoms with Gasteiger partial charge in [0.1, 0.15) is 0 Å². The number of carbonyl (C=O) groups is 2. The van der Waals surface area contributed by atoms with E-state index in [9.17, 15) is 14.8 Å². The van der Waals surface area contributed by atoms with Crippen LogP contribution in [0.3, 0.4) is 0 Å². The third kappa shape index (κ3) is 6.38. The fourth-order valence-electron chi connectivity index (χ4n) is 3.38. The Hall–Kier alpha value is -2.24. The molecular formula is C18H29ClFN7O3. The number of nitrogens with one attached hydrogen (secondary N) is 2. The number of nitrogens with zero attached hydrogens (tertiary/aromatic N) is 5. The Bertz CT molecular complexity index is 742. The number of hydroxylamine groups is 2. The van der Waals surface area contributed by atoms with Crippen molar-refractivity contribution >= 4 is 35.6 Å². The number of unbranched alkanes of at least 4 members (excludes halogenated alkanes) is 1. The Morgan fingerprint density at radius 1 is 1.47 bits per heavy atom. The minimum Gasteiger partial charge on any atom is -0.349 e. The lowest BCUT2D eigenvalue weighted by atomic mass is 10.0. The van der Waals surface area contributed by atoms with Gasteiger partial charge < -0.3 is 9.80 Å². The lowest BCUT2D eigenvalue weighted by molar-refractivity contribution is -0.154. The number of hydrogen-bond acceptors (Lipinski definition) is 8. The predicted molar refractivity (Wildman–Crippen MR) is 111 cm³/mol. The molecule has 0 bridgehead atoms. The van der Waals surface area contributed by atoms with Gasteiger partial charge in [0.15, 0.2) is 11.6 Å². The molecule has 1 aliphatic heterocycles. The van der Waals surface area contributed by atoms with Crippen molar-refractivity contribution < 1.29 is 19.2 Å². The molecule has 0 aliphatic carbocycles. The monoisotopic (exact) mass is 445 g/mol. The van der Waals surface area contributed by atoms with Crippen molar-refractivity contribution in [1.82, 2.24) is 25.4 Å². The number of aromatic nitrogens is 2. The fourth-order valence-corrected chi connectivity index (χ4v) is 3.55. The third-order valence-electron chi connectivity index (χ3n) is 5.02. The Labute approximate surface area is 180 Å². The van der Waals surface area contributed by atoms with Crippen molar-refractivity contribution in [3.8, 4) is 0 Å². The van der Waals surface area contributed by atoms with Crippen molar-refractivity contribution in [3.05, 3.63) is 11.1 Å². The highest BCUT2D eigenvalue weighted by atomic mass is 35.5. The van der Waals surface area contributed by atoms with Crippen molar-refractivity contribution in [1.29, 1.82) is 0 Å². The van der Waals surface area contributed by atoms with E-state index in [1.807, 2.05) is 25.8 Å². The van der Waals surface area contributed by atoms with Gasteiger partial charge in [-0.15, -0.1) is 0 Å². The second-order valence-electron chi connectivity index (χ2n) is 7.46. The van der Waals surface area contributed by atoms with Gasteiger partial charge >= 0.3 is 0 Å². The van der Waals surface area contributed by atoms with E-state index in [1.54, 1.807) is 0 Å². The molecule has 1 aromatic rings. The molecule has 0 saturated carbocycles. The van der Waals surface area contributed by atoms with Gasteiger partial charge in [-0.3, -0.25) is 25.6 Å². The number of amides is 2. The van der Waals surface area contributed by atoms with Crippen LogP contribution in [0.1, 0.15) is 33.1 Å². The lowest BCUT2D eigenvalue weighted by Gasteiger charge is -2.39. The molecule has 0 spiro atoms. The normalized spacial score (nSPS) is 18.1. The molecule has 2 rings (SSSR count). The van der Waals surface area contributed by atoms with E-state index >= 15 is 4.39 Å². The molecular weight excluding hydrogens is 417 g/mol. The van der Waals surface area contributed by atoms with Crippen LogP contribution >= 0.6 is 11.6 Å². The third-order valence-corrected chi connectivity index (χ3v) is 5.19. The molecule has 0 aromatic carbocycles. The quantitative estimate of drug-likeness (QED) is 0.215. The van der Waals surface area contributed by atoms with Crippen molar-refractivity contribution in [2.24, 2.45) is 5.92 Å². The summed E-state index contributed by atoms with van der Waals surface area (Å²) in [7, 11) is 1.99. The highest BCUT2D eigenvalue weighted by Crippen LogP contribution is 2.27. The molecule has 1 saturated heterocycles. The summed E-state index contributed by atoms with van der Waals surface area (Å²) in [4.78, 5) is 35.0. The number of piperazine rings is 1. The van der Waals surface area contributed by atoms with Gasteiger partial charge in [-0.05, 0) is 32.0 Å². The number of rotatable bonds is 10. The molecule has 1 fully saturated rings. The van der Waals surface area contributed by atoms with Crippen LogP contribution in [0.25, 0.3) is 0 Å².